The van der Waals surface area contributed by atoms with Crippen LogP contribution in [0.4, 0.5) is 13.2 Å². The maximum atomic E-state index is 12.8. The van der Waals surface area contributed by atoms with Crippen molar-refractivity contribution < 1.29 is 49.5 Å². The zero-order valence-corrected chi connectivity index (χ0v) is 21.5. The third kappa shape index (κ3) is 7.55. The van der Waals surface area contributed by atoms with E-state index in [1.165, 1.54) is 0 Å². The van der Waals surface area contributed by atoms with Crippen LogP contribution in [0, 0.1) is 0 Å². The number of halogens is 3. The number of fused-ring (bicyclic) bond motifs is 1. The van der Waals surface area contributed by atoms with E-state index in [4.69, 9.17) is 5.14 Å². The number of thioether (sulfide) groups is 2. The first-order chi connectivity index (χ1) is 17.0. The third-order valence-corrected chi connectivity index (χ3v) is 9.64. The van der Waals surface area contributed by atoms with Crippen LogP contribution in [0.5, 0.6) is 0 Å². The van der Waals surface area contributed by atoms with Crippen LogP contribution < -0.4 is 10.5 Å². The molecule has 0 aromatic carbocycles. The van der Waals surface area contributed by atoms with Gasteiger partial charge < -0.3 is 10.4 Å². The highest BCUT2D eigenvalue weighted by atomic mass is 32.2. The number of nitrogens with one attached hydrogen (secondary N) is 2. The highest BCUT2D eigenvalue weighted by molar-refractivity contribution is 8.01. The van der Waals surface area contributed by atoms with Gasteiger partial charge in [-0.15, -0.1) is 22.0 Å². The summed E-state index contributed by atoms with van der Waals surface area (Å²) in [6.45, 7) is 0. The molecule has 2 amide bonds. The van der Waals surface area contributed by atoms with Gasteiger partial charge in [-0.05, 0) is 17.2 Å². The molecule has 2 aliphatic heterocycles. The van der Waals surface area contributed by atoms with Crippen molar-refractivity contribution in [2.45, 2.75) is 34.4 Å². The summed E-state index contributed by atoms with van der Waals surface area (Å²) in [5, 5.41) is 28.2. The van der Waals surface area contributed by atoms with Crippen molar-refractivity contribution in [1.29, 1.82) is 0 Å². The van der Waals surface area contributed by atoms with Crippen LogP contribution in [0.25, 0.3) is 0 Å². The zero-order valence-electron chi connectivity index (χ0n) is 18.2. The maximum absolute atomic E-state index is 12.8. The molecule has 22 heteroatoms. The number of tetrazole rings is 1. The van der Waals surface area contributed by atoms with Crippen LogP contribution in [-0.2, 0) is 34.2 Å². The Bertz CT molecular complexity index is 1320. The van der Waals surface area contributed by atoms with Crippen molar-refractivity contribution in [1.82, 2.24) is 30.8 Å². The Hall–Kier alpha value is -2.43. The van der Waals surface area contributed by atoms with Crippen LogP contribution in [0.3, 0.4) is 0 Å². The minimum absolute atomic E-state index is 0.0592. The first kappa shape index (κ1) is 29.1. The fraction of sp³-hybridized carbons (Fsp3) is 0.600. The molecule has 3 heterocycles. The number of β-lactam (4-membered cyclic amide) rings is 1. The number of nitrogens with two attached hydrogens (primary N) is 1. The maximum Gasteiger partial charge on any atom is 0.402 e. The predicted octanol–water partition coefficient (Wildman–Crippen LogP) is -1.95. The first-order valence-corrected chi connectivity index (χ1v) is 15.3. The number of aromatic nitrogens is 4. The van der Waals surface area contributed by atoms with Crippen molar-refractivity contribution in [2.75, 3.05) is 23.0 Å². The van der Waals surface area contributed by atoms with Gasteiger partial charge in [0.2, 0.25) is 21.1 Å². The number of hydrogen-bond acceptors (Lipinski definition) is 12. The third-order valence-electron chi connectivity index (χ3n) is 4.88. The largest absolute Gasteiger partial charge is 0.477 e. The van der Waals surface area contributed by atoms with Gasteiger partial charge in [0.15, 0.2) is 9.84 Å². The minimum Gasteiger partial charge on any atom is -0.477 e. The number of carboxylic acid groups (broad SMARTS) is 1. The topological polar surface area (TPSA) is 235 Å². The average Bonchev–Trinajstić information content (AvgIpc) is 3.24. The van der Waals surface area contributed by atoms with Gasteiger partial charge in [-0.1, -0.05) is 11.8 Å². The highest BCUT2D eigenvalue weighted by Gasteiger charge is 2.55. The molecule has 37 heavy (non-hydrogen) atoms. The van der Waals surface area contributed by atoms with Crippen LogP contribution in [-0.4, -0.2) is 111 Å². The number of carbonyl (C=O) groups is 3. The fourth-order valence-electron chi connectivity index (χ4n) is 3.51. The van der Waals surface area contributed by atoms with Gasteiger partial charge in [-0.25, -0.2) is 26.8 Å². The number of amides is 2. The molecule has 1 aromatic heterocycles. The van der Waals surface area contributed by atoms with Crippen molar-refractivity contribution in [2.24, 2.45) is 5.14 Å². The molecular formula is C15H18F3N7O8S4. The summed E-state index contributed by atoms with van der Waals surface area (Å²) in [4.78, 5) is 37.8. The van der Waals surface area contributed by atoms with E-state index in [9.17, 15) is 49.5 Å². The van der Waals surface area contributed by atoms with Crippen LogP contribution in [0.1, 0.15) is 6.42 Å². The number of sulfone groups is 1. The van der Waals surface area contributed by atoms with E-state index in [1.54, 1.807) is 0 Å². The minimum atomic E-state index is -5.06. The smallest absolute Gasteiger partial charge is 0.402 e. The number of nitrogens with zero attached hydrogens (tertiary/aromatic N) is 4. The van der Waals surface area contributed by atoms with E-state index >= 15 is 0 Å². The number of rotatable bonds is 11. The molecule has 206 valence electrons. The number of aliphatic carboxylic acids is 1. The molecule has 0 aliphatic carbocycles. The second-order valence-electron chi connectivity index (χ2n) is 7.74. The lowest BCUT2D eigenvalue weighted by Crippen LogP contribution is -2.71. The number of alkyl halides is 3. The normalized spacial score (nSPS) is 21.3. The summed E-state index contributed by atoms with van der Waals surface area (Å²) < 4.78 is 83.4. The van der Waals surface area contributed by atoms with E-state index in [1.807, 2.05) is 5.32 Å². The molecule has 0 bridgehead atoms. The molecule has 3 rings (SSSR count). The molecule has 5 N–H and O–H groups in total. The summed E-state index contributed by atoms with van der Waals surface area (Å²) >= 11 is 1.86. The lowest BCUT2D eigenvalue weighted by atomic mass is 10.0. The number of aromatic amines is 1. The summed E-state index contributed by atoms with van der Waals surface area (Å²) in [5.74, 6) is -8.17. The number of carboxylic acids is 1. The highest BCUT2D eigenvalue weighted by Crippen LogP contribution is 2.44. The lowest BCUT2D eigenvalue weighted by Gasteiger charge is -2.50. The van der Waals surface area contributed by atoms with Gasteiger partial charge in [0, 0.05) is 11.0 Å². The summed E-state index contributed by atoms with van der Waals surface area (Å²) in [7, 11) is -8.80. The van der Waals surface area contributed by atoms with Crippen molar-refractivity contribution >= 4 is 61.2 Å². The molecule has 15 nitrogen and oxygen atoms in total. The Morgan fingerprint density at radius 1 is 1.32 bits per heavy atom. The number of carbonyl (C=O) groups excluding carboxylic acids is 2. The molecule has 1 saturated heterocycles. The Balaban J connectivity index is 1.81. The Labute approximate surface area is 215 Å². The second kappa shape index (κ2) is 10.7. The van der Waals surface area contributed by atoms with Gasteiger partial charge in [-0.2, -0.15) is 18.4 Å². The predicted molar refractivity (Wildman–Crippen MR) is 121 cm³/mol. The van der Waals surface area contributed by atoms with E-state index in [-0.39, 0.29) is 22.9 Å². The number of H-pyrrole nitrogens is 1. The monoisotopic (exact) mass is 609 g/mol. The molecule has 1 aromatic rings. The summed E-state index contributed by atoms with van der Waals surface area (Å²) in [6.07, 6.45) is -5.23. The van der Waals surface area contributed by atoms with Crippen LogP contribution in [0.15, 0.2) is 16.4 Å². The SMILES string of the molecule is NS(=O)(=O)CCC(Sc1nn[nH]n1)C1=C(C(=O)O)N2C(=O)C(NC(=O)CS(=O)(=O)CC(F)(F)F)[C@H]2SC1. The van der Waals surface area contributed by atoms with Crippen LogP contribution in [0.2, 0.25) is 0 Å². The fourth-order valence-corrected chi connectivity index (χ4v) is 7.84. The van der Waals surface area contributed by atoms with E-state index in [0.29, 0.717) is 0 Å². The molecule has 2 unspecified atom stereocenters. The summed E-state index contributed by atoms with van der Waals surface area (Å²) in [6, 6.07) is -1.39. The Morgan fingerprint density at radius 2 is 2.00 bits per heavy atom. The Kier molecular flexibility index (Phi) is 8.46. The zero-order chi connectivity index (χ0) is 27.8. The second-order valence-corrected chi connectivity index (χ2v) is 13.8. The van der Waals surface area contributed by atoms with Gasteiger partial charge in [0.05, 0.1) is 5.75 Å². The molecule has 0 saturated carbocycles. The average molecular weight is 610 g/mol. The van der Waals surface area contributed by atoms with Gasteiger partial charge in [-0.3, -0.25) is 14.5 Å². The molecule has 0 spiro atoms. The van der Waals surface area contributed by atoms with Crippen molar-refractivity contribution in [3.05, 3.63) is 11.3 Å². The van der Waals surface area contributed by atoms with E-state index in [0.717, 1.165) is 28.4 Å². The standard InChI is InChI=1S/C15H18F3N7O8S4/c16-15(17,18)5-36(30,31)4-8(26)20-9-11(27)25-10(13(28)29)6(3-34-12(9)25)7(1-2-37(19,32)33)35-14-21-23-24-22-14/h7,9,12H,1-5H2,(H,20,26)(H,28,29)(H2,19,32,33)(H,21,22,23,24)/t7?,9?,12-/m1/s1. The van der Waals surface area contributed by atoms with Gasteiger partial charge in [0.1, 0.15) is 28.6 Å². The van der Waals surface area contributed by atoms with E-state index in [2.05, 4.69) is 20.6 Å². The van der Waals surface area contributed by atoms with Crippen LogP contribution >= 0.6 is 23.5 Å². The first-order valence-electron chi connectivity index (χ1n) is 9.85. The molecule has 0 radical (unpaired) electrons. The molecule has 3 atom stereocenters. The number of primary sulfonamides is 1. The Morgan fingerprint density at radius 3 is 2.54 bits per heavy atom. The van der Waals surface area contributed by atoms with E-state index < -0.39 is 83.4 Å². The van der Waals surface area contributed by atoms with Crippen molar-refractivity contribution in [3.8, 4) is 0 Å². The molecular weight excluding hydrogens is 591 g/mol. The lowest BCUT2D eigenvalue weighted by molar-refractivity contribution is -0.150. The molecule has 2 aliphatic rings. The van der Waals surface area contributed by atoms with Gasteiger partial charge in [0.25, 0.3) is 5.91 Å². The van der Waals surface area contributed by atoms with Gasteiger partial charge >= 0.3 is 12.1 Å². The number of sulfonamides is 1. The number of hydrogen-bond donors (Lipinski definition) is 4. The summed E-state index contributed by atoms with van der Waals surface area (Å²) in [5.41, 5.74) is -0.350. The van der Waals surface area contributed by atoms with Crippen molar-refractivity contribution in [3.63, 3.8) is 0 Å². The quantitative estimate of drug-likeness (QED) is 0.158. The molecule has 1 fully saturated rings.